The molecule has 8 heteroatoms. The largest absolute Gasteiger partial charge is 0.452 e. The molecule has 0 aromatic heterocycles. The Hall–Kier alpha value is -3.03. The lowest BCUT2D eigenvalue weighted by molar-refractivity contribution is -0.119. The Morgan fingerprint density at radius 3 is 2.54 bits per heavy atom. The zero-order valence-corrected chi connectivity index (χ0v) is 12.2. The minimum atomic E-state index is -3.02. The maximum Gasteiger partial charge on any atom is 0.387 e. The number of halogens is 3. The summed E-state index contributed by atoms with van der Waals surface area (Å²) in [5.74, 6) is -2.29. The highest BCUT2D eigenvalue weighted by atomic mass is 19.3. The molecule has 0 radical (unpaired) electrons. The van der Waals surface area contributed by atoms with Gasteiger partial charge in [0.2, 0.25) is 0 Å². The van der Waals surface area contributed by atoms with E-state index in [9.17, 15) is 22.8 Å². The molecule has 2 aromatic carbocycles. The molecule has 0 spiro atoms. The van der Waals surface area contributed by atoms with Crippen molar-refractivity contribution in [2.24, 2.45) is 0 Å². The molecule has 5 nitrogen and oxygen atoms in total. The van der Waals surface area contributed by atoms with Crippen molar-refractivity contribution in [1.29, 1.82) is 0 Å². The monoisotopic (exact) mass is 339 g/mol. The van der Waals surface area contributed by atoms with Crippen LogP contribution in [0.4, 0.5) is 18.9 Å². The second kappa shape index (κ2) is 8.00. The fraction of sp³-hybridized carbons (Fsp3) is 0.125. The maximum absolute atomic E-state index is 13.0. The predicted molar refractivity (Wildman–Crippen MR) is 78.4 cm³/mol. The van der Waals surface area contributed by atoms with Crippen LogP contribution in [0.2, 0.25) is 0 Å². The summed E-state index contributed by atoms with van der Waals surface area (Å²) in [5, 5.41) is 2.35. The van der Waals surface area contributed by atoms with Crippen LogP contribution in [0.3, 0.4) is 0 Å². The Morgan fingerprint density at radius 1 is 1.08 bits per heavy atom. The summed E-state index contributed by atoms with van der Waals surface area (Å²) >= 11 is 0. The number of alkyl halides is 2. The molecule has 0 saturated heterocycles. The van der Waals surface area contributed by atoms with Crippen LogP contribution in [0.25, 0.3) is 0 Å². The van der Waals surface area contributed by atoms with Crippen molar-refractivity contribution >= 4 is 17.6 Å². The molecule has 2 aromatic rings. The van der Waals surface area contributed by atoms with Crippen molar-refractivity contribution in [2.45, 2.75) is 6.61 Å². The lowest BCUT2D eigenvalue weighted by Gasteiger charge is -2.08. The highest BCUT2D eigenvalue weighted by molar-refractivity contribution is 5.95. The number of hydrogen-bond donors (Lipinski definition) is 1. The lowest BCUT2D eigenvalue weighted by Crippen LogP contribution is -2.21. The highest BCUT2D eigenvalue weighted by Crippen LogP contribution is 2.16. The zero-order valence-electron chi connectivity index (χ0n) is 12.2. The van der Waals surface area contributed by atoms with Gasteiger partial charge in [-0.05, 0) is 36.4 Å². The maximum atomic E-state index is 13.0. The molecule has 0 fully saturated rings. The van der Waals surface area contributed by atoms with Gasteiger partial charge in [-0.3, -0.25) is 4.79 Å². The summed E-state index contributed by atoms with van der Waals surface area (Å²) < 4.78 is 46.2. The molecule has 0 unspecified atom stereocenters. The number of rotatable bonds is 6. The Kier molecular flexibility index (Phi) is 5.78. The third kappa shape index (κ3) is 5.31. The van der Waals surface area contributed by atoms with Crippen LogP contribution in [0.5, 0.6) is 5.75 Å². The number of hydrogen-bond acceptors (Lipinski definition) is 4. The fourth-order valence-corrected chi connectivity index (χ4v) is 1.78. The molecule has 1 amide bonds. The third-order valence-corrected chi connectivity index (χ3v) is 2.74. The van der Waals surface area contributed by atoms with E-state index in [0.717, 1.165) is 12.1 Å². The van der Waals surface area contributed by atoms with Crippen LogP contribution in [0.15, 0.2) is 48.5 Å². The van der Waals surface area contributed by atoms with Gasteiger partial charge >= 0.3 is 12.6 Å². The molecule has 24 heavy (non-hydrogen) atoms. The zero-order chi connectivity index (χ0) is 17.5. The first-order valence-electron chi connectivity index (χ1n) is 6.71. The second-order valence-corrected chi connectivity index (χ2v) is 4.54. The van der Waals surface area contributed by atoms with Gasteiger partial charge in [0.15, 0.2) is 6.61 Å². The van der Waals surface area contributed by atoms with Crippen molar-refractivity contribution in [3.05, 3.63) is 59.9 Å². The van der Waals surface area contributed by atoms with E-state index in [1.54, 1.807) is 0 Å². The van der Waals surface area contributed by atoms with Crippen LogP contribution in [0, 0.1) is 5.82 Å². The minimum Gasteiger partial charge on any atom is -0.452 e. The molecule has 0 atom stereocenters. The van der Waals surface area contributed by atoms with Crippen LogP contribution < -0.4 is 10.1 Å². The normalized spacial score (nSPS) is 10.3. The third-order valence-electron chi connectivity index (χ3n) is 2.74. The van der Waals surface area contributed by atoms with E-state index >= 15 is 0 Å². The van der Waals surface area contributed by atoms with Crippen molar-refractivity contribution in [1.82, 2.24) is 0 Å². The molecule has 0 aliphatic rings. The average molecular weight is 339 g/mol. The first-order chi connectivity index (χ1) is 11.4. The number of carbonyl (C=O) groups excluding carboxylic acids is 2. The van der Waals surface area contributed by atoms with Gasteiger partial charge in [-0.15, -0.1) is 0 Å². The summed E-state index contributed by atoms with van der Waals surface area (Å²) in [7, 11) is 0. The molecule has 2 rings (SSSR count). The van der Waals surface area contributed by atoms with Gasteiger partial charge in [-0.1, -0.05) is 12.1 Å². The first-order valence-corrected chi connectivity index (χ1v) is 6.71. The fourth-order valence-electron chi connectivity index (χ4n) is 1.78. The molecule has 1 N–H and O–H groups in total. The summed E-state index contributed by atoms with van der Waals surface area (Å²) in [6.07, 6.45) is 0. The van der Waals surface area contributed by atoms with E-state index in [2.05, 4.69) is 10.1 Å². The van der Waals surface area contributed by atoms with Gasteiger partial charge in [-0.25, -0.2) is 9.18 Å². The molecule has 0 heterocycles. The number of esters is 1. The Balaban J connectivity index is 1.89. The number of anilines is 1. The SMILES string of the molecule is O=C(COC(=O)c1cccc(OC(F)F)c1)Nc1cccc(F)c1. The van der Waals surface area contributed by atoms with Crippen molar-refractivity contribution in [2.75, 3.05) is 11.9 Å². The Labute approximate surface area is 135 Å². The van der Waals surface area contributed by atoms with Gasteiger partial charge in [-0.2, -0.15) is 8.78 Å². The minimum absolute atomic E-state index is 0.0493. The smallest absolute Gasteiger partial charge is 0.387 e. The summed E-state index contributed by atoms with van der Waals surface area (Å²) in [4.78, 5) is 23.4. The van der Waals surface area contributed by atoms with E-state index in [1.165, 1.54) is 36.4 Å². The number of amides is 1. The van der Waals surface area contributed by atoms with Crippen LogP contribution in [0.1, 0.15) is 10.4 Å². The van der Waals surface area contributed by atoms with Crippen molar-refractivity contribution in [3.8, 4) is 5.75 Å². The van der Waals surface area contributed by atoms with Gasteiger partial charge < -0.3 is 14.8 Å². The average Bonchev–Trinajstić information content (AvgIpc) is 2.52. The van der Waals surface area contributed by atoms with E-state index < -0.39 is 30.9 Å². The summed E-state index contributed by atoms with van der Waals surface area (Å²) in [5.41, 5.74) is 0.162. The molecule has 126 valence electrons. The number of carbonyl (C=O) groups is 2. The number of nitrogens with one attached hydrogen (secondary N) is 1. The van der Waals surface area contributed by atoms with E-state index in [4.69, 9.17) is 4.74 Å². The van der Waals surface area contributed by atoms with Gasteiger partial charge in [0, 0.05) is 5.69 Å². The predicted octanol–water partition coefficient (Wildman–Crippen LogP) is 3.22. The van der Waals surface area contributed by atoms with Gasteiger partial charge in [0.25, 0.3) is 5.91 Å². The van der Waals surface area contributed by atoms with Gasteiger partial charge in [0.05, 0.1) is 5.56 Å². The van der Waals surface area contributed by atoms with Gasteiger partial charge in [0.1, 0.15) is 11.6 Å². The van der Waals surface area contributed by atoms with E-state index in [0.29, 0.717) is 0 Å². The molecular formula is C16H12F3NO4. The molecule has 0 aliphatic carbocycles. The van der Waals surface area contributed by atoms with Crippen LogP contribution in [-0.2, 0) is 9.53 Å². The van der Waals surface area contributed by atoms with Crippen molar-refractivity contribution in [3.63, 3.8) is 0 Å². The molecule has 0 bridgehead atoms. The molecule has 0 aliphatic heterocycles. The topological polar surface area (TPSA) is 64.6 Å². The standard InChI is InChI=1S/C16H12F3NO4/c17-11-4-2-5-12(8-11)20-14(21)9-23-15(22)10-3-1-6-13(7-10)24-16(18)19/h1-8,16H,9H2,(H,20,21). The Bertz CT molecular complexity index is 737. The highest BCUT2D eigenvalue weighted by Gasteiger charge is 2.13. The van der Waals surface area contributed by atoms with Crippen molar-refractivity contribution < 1.29 is 32.2 Å². The molecular weight excluding hydrogens is 327 g/mol. The summed E-state index contributed by atoms with van der Waals surface area (Å²) in [6, 6.07) is 10.2. The first kappa shape index (κ1) is 17.3. The quantitative estimate of drug-likeness (QED) is 0.821. The lowest BCUT2D eigenvalue weighted by atomic mass is 10.2. The summed E-state index contributed by atoms with van der Waals surface area (Å²) in [6.45, 7) is -3.64. The Morgan fingerprint density at radius 2 is 1.83 bits per heavy atom. The molecule has 0 saturated carbocycles. The second-order valence-electron chi connectivity index (χ2n) is 4.54. The number of benzene rings is 2. The van der Waals surface area contributed by atoms with Crippen LogP contribution in [-0.4, -0.2) is 25.1 Å². The van der Waals surface area contributed by atoms with E-state index in [1.807, 2.05) is 0 Å². The van der Waals surface area contributed by atoms with Crippen LogP contribution >= 0.6 is 0 Å². The number of ether oxygens (including phenoxy) is 2. The van der Waals surface area contributed by atoms with E-state index in [-0.39, 0.29) is 17.0 Å².